The summed E-state index contributed by atoms with van der Waals surface area (Å²) in [6.07, 6.45) is 5.21. The Morgan fingerprint density at radius 2 is 1.87 bits per heavy atom. The van der Waals surface area contributed by atoms with Crippen LogP contribution in [0.3, 0.4) is 0 Å². The van der Waals surface area contributed by atoms with Crippen molar-refractivity contribution in [3.8, 4) is 0 Å². The van der Waals surface area contributed by atoms with E-state index in [-0.39, 0.29) is 11.7 Å². The monoisotopic (exact) mass is 316 g/mol. The summed E-state index contributed by atoms with van der Waals surface area (Å²) in [5, 5.41) is 2.76. The Morgan fingerprint density at radius 1 is 1.22 bits per heavy atom. The lowest BCUT2D eigenvalue weighted by Gasteiger charge is -2.16. The smallest absolute Gasteiger partial charge is 0.254 e. The van der Waals surface area contributed by atoms with Crippen LogP contribution < -0.4 is 10.2 Å². The Bertz CT molecular complexity index is 628. The average molecular weight is 316 g/mol. The summed E-state index contributed by atoms with van der Waals surface area (Å²) in [6, 6.07) is 6.01. The van der Waals surface area contributed by atoms with Crippen molar-refractivity contribution in [2.45, 2.75) is 26.3 Å². The summed E-state index contributed by atoms with van der Waals surface area (Å²) < 4.78 is 12.8. The zero-order chi connectivity index (χ0) is 16.7. The maximum Gasteiger partial charge on any atom is 0.254 e. The average Bonchev–Trinajstić information content (AvgIpc) is 2.59. The first kappa shape index (κ1) is 16.9. The Hall–Kier alpha value is -2.50. The molecule has 1 amide bonds. The molecule has 0 saturated heterocycles. The van der Waals surface area contributed by atoms with E-state index < -0.39 is 0 Å². The first-order chi connectivity index (χ1) is 11.1. The highest BCUT2D eigenvalue weighted by Crippen LogP contribution is 2.07. The van der Waals surface area contributed by atoms with Crippen molar-refractivity contribution in [2.75, 3.05) is 18.5 Å². The number of amides is 1. The van der Waals surface area contributed by atoms with Crippen molar-refractivity contribution < 1.29 is 9.18 Å². The number of rotatable bonds is 7. The van der Waals surface area contributed by atoms with Gasteiger partial charge in [0.05, 0.1) is 5.56 Å². The van der Waals surface area contributed by atoms with Gasteiger partial charge in [-0.15, -0.1) is 0 Å². The van der Waals surface area contributed by atoms with Gasteiger partial charge >= 0.3 is 0 Å². The van der Waals surface area contributed by atoms with E-state index in [2.05, 4.69) is 22.2 Å². The summed E-state index contributed by atoms with van der Waals surface area (Å²) in [7, 11) is 1.93. The van der Waals surface area contributed by atoms with E-state index in [1.54, 1.807) is 12.1 Å². The third-order valence-corrected chi connectivity index (χ3v) is 3.46. The van der Waals surface area contributed by atoms with E-state index >= 15 is 0 Å². The van der Waals surface area contributed by atoms with Crippen LogP contribution in [0.2, 0.25) is 0 Å². The van der Waals surface area contributed by atoms with Gasteiger partial charge in [-0.25, -0.2) is 14.4 Å². The van der Waals surface area contributed by atoms with Gasteiger partial charge in [0, 0.05) is 32.5 Å². The molecule has 1 aromatic heterocycles. The summed E-state index contributed by atoms with van der Waals surface area (Å²) in [5.41, 5.74) is 1.23. The highest BCUT2D eigenvalue weighted by atomic mass is 19.1. The minimum Gasteiger partial charge on any atom is -0.348 e. The van der Waals surface area contributed by atoms with Crippen LogP contribution in [0, 0.1) is 5.82 Å². The van der Waals surface area contributed by atoms with Crippen LogP contribution in [0.5, 0.6) is 0 Å². The molecular formula is C17H21FN4O. The van der Waals surface area contributed by atoms with Gasteiger partial charge in [-0.05, 0) is 24.1 Å². The van der Waals surface area contributed by atoms with Crippen molar-refractivity contribution in [1.82, 2.24) is 15.3 Å². The number of aromatic nitrogens is 2. The van der Waals surface area contributed by atoms with E-state index in [0.29, 0.717) is 18.1 Å². The van der Waals surface area contributed by atoms with Gasteiger partial charge in [0.1, 0.15) is 5.82 Å². The summed E-state index contributed by atoms with van der Waals surface area (Å²) in [4.78, 5) is 22.5. The lowest BCUT2D eigenvalue weighted by atomic mass is 10.2. The van der Waals surface area contributed by atoms with Crippen LogP contribution in [-0.2, 0) is 6.54 Å². The standard InChI is InChI=1S/C17H21FN4O/c1-3-4-9-22(2)17-20-11-14(12-21-17)16(23)19-10-13-5-7-15(18)8-6-13/h5-8,11-12H,3-4,9-10H2,1-2H3,(H,19,23). The van der Waals surface area contributed by atoms with Crippen molar-refractivity contribution in [3.63, 3.8) is 0 Å². The van der Waals surface area contributed by atoms with Gasteiger partial charge in [-0.3, -0.25) is 4.79 Å². The minimum atomic E-state index is -0.295. The van der Waals surface area contributed by atoms with E-state index in [4.69, 9.17) is 0 Å². The van der Waals surface area contributed by atoms with Crippen LogP contribution in [-0.4, -0.2) is 29.5 Å². The molecule has 23 heavy (non-hydrogen) atoms. The second kappa shape index (κ2) is 8.22. The molecule has 0 atom stereocenters. The van der Waals surface area contributed by atoms with Crippen molar-refractivity contribution >= 4 is 11.9 Å². The maximum atomic E-state index is 12.8. The molecular weight excluding hydrogens is 295 g/mol. The molecule has 0 saturated carbocycles. The lowest BCUT2D eigenvalue weighted by molar-refractivity contribution is 0.0950. The van der Waals surface area contributed by atoms with Gasteiger partial charge in [0.15, 0.2) is 0 Å². The fraction of sp³-hybridized carbons (Fsp3) is 0.353. The Morgan fingerprint density at radius 3 is 2.48 bits per heavy atom. The molecule has 0 aliphatic rings. The number of anilines is 1. The molecule has 6 heteroatoms. The maximum absolute atomic E-state index is 12.8. The zero-order valence-electron chi connectivity index (χ0n) is 13.4. The van der Waals surface area contributed by atoms with Gasteiger partial charge in [0.2, 0.25) is 5.95 Å². The van der Waals surface area contributed by atoms with Crippen LogP contribution in [0.4, 0.5) is 10.3 Å². The molecule has 1 heterocycles. The van der Waals surface area contributed by atoms with E-state index in [1.165, 1.54) is 24.5 Å². The van der Waals surface area contributed by atoms with Crippen molar-refractivity contribution in [3.05, 3.63) is 53.6 Å². The van der Waals surface area contributed by atoms with Gasteiger partial charge < -0.3 is 10.2 Å². The zero-order valence-corrected chi connectivity index (χ0v) is 13.4. The lowest BCUT2D eigenvalue weighted by Crippen LogP contribution is -2.24. The number of nitrogens with zero attached hydrogens (tertiary/aromatic N) is 3. The van der Waals surface area contributed by atoms with E-state index in [0.717, 1.165) is 24.9 Å². The molecule has 2 rings (SSSR count). The Kier molecular flexibility index (Phi) is 6.02. The van der Waals surface area contributed by atoms with Crippen LogP contribution in [0.25, 0.3) is 0 Å². The molecule has 5 nitrogen and oxygen atoms in total. The van der Waals surface area contributed by atoms with E-state index in [9.17, 15) is 9.18 Å². The predicted molar refractivity (Wildman–Crippen MR) is 87.8 cm³/mol. The van der Waals surface area contributed by atoms with Crippen LogP contribution in [0.1, 0.15) is 35.7 Å². The molecule has 0 aliphatic carbocycles. The number of benzene rings is 1. The second-order valence-electron chi connectivity index (χ2n) is 5.36. The molecule has 0 unspecified atom stereocenters. The molecule has 122 valence electrons. The number of hydrogen-bond acceptors (Lipinski definition) is 4. The molecule has 0 bridgehead atoms. The van der Waals surface area contributed by atoms with Gasteiger partial charge in [-0.1, -0.05) is 25.5 Å². The first-order valence-corrected chi connectivity index (χ1v) is 7.66. The molecule has 0 spiro atoms. The third-order valence-electron chi connectivity index (χ3n) is 3.46. The van der Waals surface area contributed by atoms with E-state index in [1.807, 2.05) is 11.9 Å². The summed E-state index contributed by atoms with van der Waals surface area (Å²) >= 11 is 0. The topological polar surface area (TPSA) is 58.1 Å². The number of carbonyl (C=O) groups excluding carboxylic acids is 1. The largest absolute Gasteiger partial charge is 0.348 e. The fourth-order valence-corrected chi connectivity index (χ4v) is 2.02. The second-order valence-corrected chi connectivity index (χ2v) is 5.36. The Labute approximate surface area is 135 Å². The van der Waals surface area contributed by atoms with Gasteiger partial charge in [0.25, 0.3) is 5.91 Å². The van der Waals surface area contributed by atoms with Crippen LogP contribution in [0.15, 0.2) is 36.7 Å². The molecule has 2 aromatic rings. The Balaban J connectivity index is 1.90. The number of halogens is 1. The number of hydrogen-bond donors (Lipinski definition) is 1. The quantitative estimate of drug-likeness (QED) is 0.853. The minimum absolute atomic E-state index is 0.253. The predicted octanol–water partition coefficient (Wildman–Crippen LogP) is 2.78. The highest BCUT2D eigenvalue weighted by molar-refractivity contribution is 5.93. The van der Waals surface area contributed by atoms with Crippen molar-refractivity contribution in [1.29, 1.82) is 0 Å². The molecule has 0 radical (unpaired) electrons. The third kappa shape index (κ3) is 5.02. The number of carbonyl (C=O) groups is 1. The van der Waals surface area contributed by atoms with Crippen molar-refractivity contribution in [2.24, 2.45) is 0 Å². The highest BCUT2D eigenvalue weighted by Gasteiger charge is 2.09. The molecule has 1 aromatic carbocycles. The molecule has 1 N–H and O–H groups in total. The SMILES string of the molecule is CCCCN(C)c1ncc(C(=O)NCc2ccc(F)cc2)cn1. The first-order valence-electron chi connectivity index (χ1n) is 7.66. The molecule has 0 fully saturated rings. The molecule has 0 aliphatic heterocycles. The van der Waals surface area contributed by atoms with Gasteiger partial charge in [-0.2, -0.15) is 0 Å². The van der Waals surface area contributed by atoms with Crippen LogP contribution >= 0.6 is 0 Å². The normalized spacial score (nSPS) is 10.4. The fourth-order valence-electron chi connectivity index (χ4n) is 2.02. The number of unbranched alkanes of at least 4 members (excludes halogenated alkanes) is 1. The summed E-state index contributed by atoms with van der Waals surface area (Å²) in [5.74, 6) is 0.0573. The summed E-state index contributed by atoms with van der Waals surface area (Å²) in [6.45, 7) is 3.34. The number of nitrogens with one attached hydrogen (secondary N) is 1.